The van der Waals surface area contributed by atoms with E-state index in [0.29, 0.717) is 11.5 Å². The molecule has 0 bridgehead atoms. The molecule has 2 unspecified atom stereocenters. The number of nitrogens with zero attached hydrogens (tertiary/aromatic N) is 1. The van der Waals surface area contributed by atoms with Crippen molar-refractivity contribution in [2.24, 2.45) is 17.1 Å². The summed E-state index contributed by atoms with van der Waals surface area (Å²) in [4.78, 5) is 0. The molecule has 1 aromatic rings. The van der Waals surface area contributed by atoms with Gasteiger partial charge >= 0.3 is 0 Å². The summed E-state index contributed by atoms with van der Waals surface area (Å²) in [5, 5.41) is 0. The van der Waals surface area contributed by atoms with Gasteiger partial charge in [0.15, 0.2) is 0 Å². The Morgan fingerprint density at radius 3 is 2.79 bits per heavy atom. The number of hydrogen-bond acceptors (Lipinski definition) is 1. The van der Waals surface area contributed by atoms with Gasteiger partial charge in [-0.2, -0.15) is 0 Å². The maximum atomic E-state index is 6.38. The lowest BCUT2D eigenvalue weighted by Crippen LogP contribution is -2.31. The molecule has 0 spiro atoms. The van der Waals surface area contributed by atoms with E-state index in [9.17, 15) is 0 Å². The predicted molar refractivity (Wildman–Crippen MR) is 80.1 cm³/mol. The van der Waals surface area contributed by atoms with Crippen LogP contribution >= 0.6 is 0 Å². The molecule has 2 heteroatoms. The lowest BCUT2D eigenvalue weighted by molar-refractivity contribution is 0.268. The quantitative estimate of drug-likeness (QED) is 0.863. The van der Waals surface area contributed by atoms with Crippen LogP contribution in [0, 0.1) is 11.3 Å². The Kier molecular flexibility index (Phi) is 3.24. The Bertz CT molecular complexity index is 454. The van der Waals surface area contributed by atoms with Crippen molar-refractivity contribution in [2.45, 2.75) is 71.4 Å². The highest BCUT2D eigenvalue weighted by atomic mass is 15.0. The van der Waals surface area contributed by atoms with Crippen LogP contribution in [0.5, 0.6) is 0 Å². The summed E-state index contributed by atoms with van der Waals surface area (Å²) < 4.78 is 2.56. The van der Waals surface area contributed by atoms with Crippen LogP contribution in [-0.4, -0.2) is 4.57 Å². The third-order valence-corrected chi connectivity index (χ3v) is 5.04. The van der Waals surface area contributed by atoms with E-state index in [-0.39, 0.29) is 6.04 Å². The predicted octanol–water partition coefficient (Wildman–Crippen LogP) is 4.21. The monoisotopic (exact) mass is 260 g/mol. The van der Waals surface area contributed by atoms with Gasteiger partial charge in [-0.1, -0.05) is 33.6 Å². The van der Waals surface area contributed by atoms with Gasteiger partial charge in [0.25, 0.3) is 0 Å². The molecule has 106 valence electrons. The van der Waals surface area contributed by atoms with Crippen molar-refractivity contribution in [2.75, 3.05) is 0 Å². The van der Waals surface area contributed by atoms with Gasteiger partial charge in [-0.3, -0.25) is 0 Å². The summed E-state index contributed by atoms with van der Waals surface area (Å²) in [7, 11) is 0. The minimum Gasteiger partial charge on any atom is -0.348 e. The van der Waals surface area contributed by atoms with Gasteiger partial charge in [0.1, 0.15) is 0 Å². The largest absolute Gasteiger partial charge is 0.348 e. The summed E-state index contributed by atoms with van der Waals surface area (Å²) in [6.45, 7) is 7.04. The molecule has 0 radical (unpaired) electrons. The van der Waals surface area contributed by atoms with E-state index < -0.39 is 0 Å². The summed E-state index contributed by atoms with van der Waals surface area (Å²) in [5.74, 6) is 0.994. The normalized spacial score (nSPS) is 27.1. The third-order valence-electron chi connectivity index (χ3n) is 5.04. The SMILES string of the molecule is CCC(CC1CC1)n1ccc2c1CC(C)(C)CC2N. The Labute approximate surface area is 117 Å². The second-order valence-electron chi connectivity index (χ2n) is 7.52. The van der Waals surface area contributed by atoms with Crippen molar-refractivity contribution in [3.05, 3.63) is 23.5 Å². The number of aromatic nitrogens is 1. The molecule has 3 rings (SSSR count). The van der Waals surface area contributed by atoms with Crippen molar-refractivity contribution in [3.8, 4) is 0 Å². The molecule has 2 N–H and O–H groups in total. The minimum absolute atomic E-state index is 0.235. The highest BCUT2D eigenvalue weighted by Gasteiger charge is 2.34. The Morgan fingerprint density at radius 1 is 1.42 bits per heavy atom. The van der Waals surface area contributed by atoms with Gasteiger partial charge in [0.05, 0.1) is 0 Å². The maximum absolute atomic E-state index is 6.38. The van der Waals surface area contributed by atoms with Gasteiger partial charge in [-0.15, -0.1) is 0 Å². The highest BCUT2D eigenvalue weighted by molar-refractivity contribution is 5.30. The van der Waals surface area contributed by atoms with Gasteiger partial charge in [-0.05, 0) is 48.6 Å². The van der Waals surface area contributed by atoms with Crippen LogP contribution in [0.2, 0.25) is 0 Å². The van der Waals surface area contributed by atoms with E-state index >= 15 is 0 Å². The standard InChI is InChI=1S/C17H28N2/c1-4-13(9-12-5-6-12)19-8-7-14-15(18)10-17(2,3)11-16(14)19/h7-8,12-13,15H,4-6,9-11,18H2,1-3H3. The summed E-state index contributed by atoms with van der Waals surface area (Å²) in [6, 6.07) is 3.21. The topological polar surface area (TPSA) is 30.9 Å². The second-order valence-corrected chi connectivity index (χ2v) is 7.52. The molecule has 2 nitrogen and oxygen atoms in total. The third kappa shape index (κ3) is 2.60. The molecular formula is C17H28N2. The average molecular weight is 260 g/mol. The zero-order valence-electron chi connectivity index (χ0n) is 12.7. The van der Waals surface area contributed by atoms with Gasteiger partial charge < -0.3 is 10.3 Å². The Morgan fingerprint density at radius 2 is 2.16 bits per heavy atom. The number of fused-ring (bicyclic) bond motifs is 1. The van der Waals surface area contributed by atoms with Gasteiger partial charge in [0.2, 0.25) is 0 Å². The number of hydrogen-bond donors (Lipinski definition) is 1. The zero-order chi connectivity index (χ0) is 13.6. The minimum atomic E-state index is 0.235. The molecule has 2 aliphatic rings. The molecule has 0 aromatic carbocycles. The fourth-order valence-electron chi connectivity index (χ4n) is 3.81. The first-order valence-electron chi connectivity index (χ1n) is 7.95. The van der Waals surface area contributed by atoms with E-state index in [0.717, 1.165) is 12.3 Å². The molecule has 1 aromatic heterocycles. The van der Waals surface area contributed by atoms with Crippen LogP contribution in [-0.2, 0) is 6.42 Å². The molecular weight excluding hydrogens is 232 g/mol. The van der Waals surface area contributed by atoms with Crippen molar-refractivity contribution < 1.29 is 0 Å². The first-order chi connectivity index (χ1) is 9.00. The Hall–Kier alpha value is -0.760. The molecule has 2 atom stereocenters. The van der Waals surface area contributed by atoms with E-state index in [2.05, 4.69) is 37.6 Å². The van der Waals surface area contributed by atoms with Crippen LogP contribution in [0.1, 0.15) is 76.2 Å². The Balaban J connectivity index is 1.90. The molecule has 2 aliphatic carbocycles. The number of nitrogens with two attached hydrogens (primary N) is 1. The van der Waals surface area contributed by atoms with Crippen molar-refractivity contribution in [1.29, 1.82) is 0 Å². The molecule has 1 heterocycles. The highest BCUT2D eigenvalue weighted by Crippen LogP contribution is 2.43. The summed E-state index contributed by atoms with van der Waals surface area (Å²) in [6.07, 6.45) is 10.1. The van der Waals surface area contributed by atoms with Crippen LogP contribution in [0.4, 0.5) is 0 Å². The zero-order valence-corrected chi connectivity index (χ0v) is 12.7. The smallest absolute Gasteiger partial charge is 0.0333 e. The average Bonchev–Trinajstić information content (AvgIpc) is 3.05. The summed E-state index contributed by atoms with van der Waals surface area (Å²) >= 11 is 0. The van der Waals surface area contributed by atoms with Crippen LogP contribution in [0.25, 0.3) is 0 Å². The van der Waals surface area contributed by atoms with E-state index in [4.69, 9.17) is 5.73 Å². The van der Waals surface area contributed by atoms with Crippen LogP contribution < -0.4 is 5.73 Å². The van der Waals surface area contributed by atoms with Crippen LogP contribution in [0.3, 0.4) is 0 Å². The second kappa shape index (κ2) is 4.66. The fourth-order valence-corrected chi connectivity index (χ4v) is 3.81. The van der Waals surface area contributed by atoms with Gasteiger partial charge in [-0.25, -0.2) is 0 Å². The molecule has 1 saturated carbocycles. The molecule has 0 aliphatic heterocycles. The first-order valence-corrected chi connectivity index (χ1v) is 7.95. The first kappa shape index (κ1) is 13.2. The fraction of sp³-hybridized carbons (Fsp3) is 0.765. The molecule has 1 fully saturated rings. The molecule has 19 heavy (non-hydrogen) atoms. The van der Waals surface area contributed by atoms with Crippen molar-refractivity contribution in [1.82, 2.24) is 4.57 Å². The van der Waals surface area contributed by atoms with Crippen molar-refractivity contribution >= 4 is 0 Å². The van der Waals surface area contributed by atoms with Crippen molar-refractivity contribution in [3.63, 3.8) is 0 Å². The number of rotatable bonds is 4. The van der Waals surface area contributed by atoms with E-state index in [1.54, 1.807) is 0 Å². The van der Waals surface area contributed by atoms with Gasteiger partial charge in [0, 0.05) is 24.0 Å². The molecule has 0 amide bonds. The lowest BCUT2D eigenvalue weighted by atomic mass is 9.74. The van der Waals surface area contributed by atoms with Crippen LogP contribution in [0.15, 0.2) is 12.3 Å². The maximum Gasteiger partial charge on any atom is 0.0333 e. The van der Waals surface area contributed by atoms with E-state index in [1.807, 2.05) is 0 Å². The van der Waals surface area contributed by atoms with E-state index in [1.165, 1.54) is 43.4 Å². The lowest BCUT2D eigenvalue weighted by Gasteiger charge is -2.35. The summed E-state index contributed by atoms with van der Waals surface area (Å²) in [5.41, 5.74) is 9.66. The molecule has 0 saturated heterocycles.